The molecular formula is C22H37ClN6O4S. The standard InChI is InChI=1S/C22H37ClN6O4S/c1-17(2)25-8-9-29(20-14-19(23)7-6-18(20)3)22(31)16-24-15-21(30)26(4)27-10-12-28(13-11-27)34(5,32)33/h6-7,14,17,24-25H,8-13,15-16H2,1-5H3. The van der Waals surface area contributed by atoms with Crippen molar-refractivity contribution in [1.29, 1.82) is 0 Å². The Bertz CT molecular complexity index is 951. The highest BCUT2D eigenvalue weighted by Crippen LogP contribution is 2.24. The molecule has 10 nitrogen and oxygen atoms in total. The average Bonchev–Trinajstić information content (AvgIpc) is 2.77. The van der Waals surface area contributed by atoms with Gasteiger partial charge in [-0.1, -0.05) is 31.5 Å². The minimum atomic E-state index is -3.23. The first kappa shape index (κ1) is 28.5. The third-order valence-electron chi connectivity index (χ3n) is 5.67. The van der Waals surface area contributed by atoms with Crippen LogP contribution in [0.2, 0.25) is 5.02 Å². The fourth-order valence-electron chi connectivity index (χ4n) is 3.67. The lowest BCUT2D eigenvalue weighted by atomic mass is 10.1. The summed E-state index contributed by atoms with van der Waals surface area (Å²) in [6, 6.07) is 5.74. The number of sulfonamides is 1. The molecule has 1 aliphatic rings. The topological polar surface area (TPSA) is 105 Å². The summed E-state index contributed by atoms with van der Waals surface area (Å²) in [5.74, 6) is -0.360. The van der Waals surface area contributed by atoms with Gasteiger partial charge in [0.05, 0.1) is 19.3 Å². The molecule has 0 aliphatic carbocycles. The quantitative estimate of drug-likeness (QED) is 0.441. The van der Waals surface area contributed by atoms with Gasteiger partial charge in [-0.2, -0.15) is 4.31 Å². The number of amides is 2. The van der Waals surface area contributed by atoms with E-state index in [4.69, 9.17) is 11.6 Å². The summed E-state index contributed by atoms with van der Waals surface area (Å²) in [7, 11) is -1.58. The van der Waals surface area contributed by atoms with Crippen molar-refractivity contribution in [3.05, 3.63) is 28.8 Å². The highest BCUT2D eigenvalue weighted by Gasteiger charge is 2.27. The Morgan fingerprint density at radius 3 is 2.32 bits per heavy atom. The lowest BCUT2D eigenvalue weighted by Gasteiger charge is -2.38. The number of carbonyl (C=O) groups is 2. The van der Waals surface area contributed by atoms with Gasteiger partial charge < -0.3 is 10.2 Å². The van der Waals surface area contributed by atoms with E-state index in [0.29, 0.717) is 50.3 Å². The van der Waals surface area contributed by atoms with E-state index in [1.54, 1.807) is 24.1 Å². The molecule has 2 amide bonds. The molecule has 2 N–H and O–H groups in total. The van der Waals surface area contributed by atoms with Gasteiger partial charge in [-0.25, -0.2) is 13.4 Å². The lowest BCUT2D eigenvalue weighted by molar-refractivity contribution is -0.146. The summed E-state index contributed by atoms with van der Waals surface area (Å²) >= 11 is 6.18. The molecule has 0 spiro atoms. The fraction of sp³-hybridized carbons (Fsp3) is 0.636. The van der Waals surface area contributed by atoms with Gasteiger partial charge in [-0.05, 0) is 24.6 Å². The molecule has 0 radical (unpaired) electrons. The number of rotatable bonds is 11. The van der Waals surface area contributed by atoms with Gasteiger partial charge in [0.25, 0.3) is 5.91 Å². The van der Waals surface area contributed by atoms with Crippen LogP contribution in [0.3, 0.4) is 0 Å². The van der Waals surface area contributed by atoms with Gasteiger partial charge >= 0.3 is 0 Å². The summed E-state index contributed by atoms with van der Waals surface area (Å²) < 4.78 is 24.7. The normalized spacial score (nSPS) is 15.5. The third kappa shape index (κ3) is 8.47. The Hall–Kier alpha value is -1.76. The third-order valence-corrected chi connectivity index (χ3v) is 7.21. The summed E-state index contributed by atoms with van der Waals surface area (Å²) in [6.45, 7) is 8.62. The molecule has 1 aromatic carbocycles. The Morgan fingerprint density at radius 2 is 1.74 bits per heavy atom. The molecule has 2 rings (SSSR count). The van der Waals surface area contributed by atoms with Crippen molar-refractivity contribution >= 4 is 39.1 Å². The molecule has 1 heterocycles. The zero-order valence-corrected chi connectivity index (χ0v) is 22.2. The van der Waals surface area contributed by atoms with E-state index in [1.165, 1.54) is 15.6 Å². The van der Waals surface area contributed by atoms with E-state index >= 15 is 0 Å². The van der Waals surface area contributed by atoms with Crippen LogP contribution in [-0.2, 0) is 19.6 Å². The molecule has 1 fully saturated rings. The van der Waals surface area contributed by atoms with Crippen molar-refractivity contribution in [2.75, 3.05) is 70.6 Å². The number of anilines is 1. The molecule has 0 saturated carbocycles. The number of aryl methyl sites for hydroxylation is 1. The van der Waals surface area contributed by atoms with Crippen LogP contribution in [0, 0.1) is 6.92 Å². The van der Waals surface area contributed by atoms with Crippen LogP contribution in [0.1, 0.15) is 19.4 Å². The van der Waals surface area contributed by atoms with Crippen LogP contribution < -0.4 is 15.5 Å². The van der Waals surface area contributed by atoms with Crippen molar-refractivity contribution < 1.29 is 18.0 Å². The maximum absolute atomic E-state index is 13.1. The van der Waals surface area contributed by atoms with Crippen molar-refractivity contribution in [2.45, 2.75) is 26.8 Å². The first-order chi connectivity index (χ1) is 15.9. The van der Waals surface area contributed by atoms with Crippen LogP contribution >= 0.6 is 11.6 Å². The maximum Gasteiger partial charge on any atom is 0.250 e. The Morgan fingerprint density at radius 1 is 1.12 bits per heavy atom. The first-order valence-corrected chi connectivity index (χ1v) is 13.6. The number of carbonyl (C=O) groups excluding carboxylic acids is 2. The largest absolute Gasteiger partial charge is 0.313 e. The lowest BCUT2D eigenvalue weighted by Crippen LogP contribution is -2.56. The first-order valence-electron chi connectivity index (χ1n) is 11.4. The Kier molecular flexibility index (Phi) is 10.7. The number of hydrogen-bond acceptors (Lipinski definition) is 7. The van der Waals surface area contributed by atoms with Crippen LogP contribution in [0.15, 0.2) is 18.2 Å². The van der Waals surface area contributed by atoms with Crippen molar-refractivity contribution in [1.82, 2.24) is 25.0 Å². The summed E-state index contributed by atoms with van der Waals surface area (Å²) in [6.07, 6.45) is 1.19. The van der Waals surface area contributed by atoms with Crippen molar-refractivity contribution in [3.8, 4) is 0 Å². The minimum Gasteiger partial charge on any atom is -0.313 e. The number of piperazine rings is 1. The van der Waals surface area contributed by atoms with Crippen LogP contribution in [0.5, 0.6) is 0 Å². The minimum absolute atomic E-state index is 0.00489. The molecule has 0 bridgehead atoms. The van der Waals surface area contributed by atoms with Gasteiger partial charge in [0.1, 0.15) is 0 Å². The molecule has 0 unspecified atom stereocenters. The van der Waals surface area contributed by atoms with Gasteiger partial charge in [-0.3, -0.25) is 19.9 Å². The number of halogens is 1. The molecule has 34 heavy (non-hydrogen) atoms. The molecule has 1 aromatic rings. The van der Waals surface area contributed by atoms with E-state index in [9.17, 15) is 18.0 Å². The van der Waals surface area contributed by atoms with E-state index in [-0.39, 0.29) is 24.9 Å². The Balaban J connectivity index is 1.92. The number of likely N-dealkylation sites (N-methyl/N-ethyl adjacent to an activating group) is 1. The second-order valence-corrected chi connectivity index (χ2v) is 11.1. The fourth-order valence-corrected chi connectivity index (χ4v) is 4.66. The molecule has 12 heteroatoms. The molecule has 1 aliphatic heterocycles. The predicted octanol–water partition coefficient (Wildman–Crippen LogP) is 0.520. The van der Waals surface area contributed by atoms with E-state index in [1.807, 2.05) is 31.8 Å². The van der Waals surface area contributed by atoms with Gasteiger partial charge in [0, 0.05) is 63.1 Å². The summed E-state index contributed by atoms with van der Waals surface area (Å²) in [5, 5.41) is 10.1. The van der Waals surface area contributed by atoms with E-state index in [2.05, 4.69) is 10.6 Å². The van der Waals surface area contributed by atoms with Crippen LogP contribution in [0.4, 0.5) is 5.69 Å². The van der Waals surface area contributed by atoms with Gasteiger partial charge in [0.15, 0.2) is 0 Å². The second-order valence-electron chi connectivity index (χ2n) is 8.72. The van der Waals surface area contributed by atoms with Gasteiger partial charge in [0.2, 0.25) is 15.9 Å². The molecule has 192 valence electrons. The highest BCUT2D eigenvalue weighted by atomic mass is 35.5. The predicted molar refractivity (Wildman–Crippen MR) is 135 cm³/mol. The maximum atomic E-state index is 13.1. The van der Waals surface area contributed by atoms with Crippen molar-refractivity contribution in [3.63, 3.8) is 0 Å². The monoisotopic (exact) mass is 516 g/mol. The number of hydrazine groups is 1. The number of hydrogen-bond donors (Lipinski definition) is 2. The second kappa shape index (κ2) is 12.8. The summed E-state index contributed by atoms with van der Waals surface area (Å²) in [4.78, 5) is 27.4. The zero-order chi connectivity index (χ0) is 25.5. The highest BCUT2D eigenvalue weighted by molar-refractivity contribution is 7.88. The van der Waals surface area contributed by atoms with Crippen molar-refractivity contribution in [2.24, 2.45) is 0 Å². The SMILES string of the molecule is Cc1ccc(Cl)cc1N(CCNC(C)C)C(=O)CNCC(=O)N(C)N1CCN(S(C)(=O)=O)CC1. The molecule has 0 aromatic heterocycles. The van der Waals surface area contributed by atoms with E-state index < -0.39 is 10.0 Å². The number of nitrogens with one attached hydrogen (secondary N) is 2. The van der Waals surface area contributed by atoms with Crippen LogP contribution in [-0.4, -0.2) is 106 Å². The molecule has 0 atom stereocenters. The zero-order valence-electron chi connectivity index (χ0n) is 20.7. The molecular weight excluding hydrogens is 480 g/mol. The number of nitrogens with zero attached hydrogens (tertiary/aromatic N) is 4. The number of benzene rings is 1. The van der Waals surface area contributed by atoms with Crippen LogP contribution in [0.25, 0.3) is 0 Å². The van der Waals surface area contributed by atoms with Gasteiger partial charge in [-0.15, -0.1) is 0 Å². The average molecular weight is 517 g/mol. The van der Waals surface area contributed by atoms with E-state index in [0.717, 1.165) is 11.3 Å². The summed E-state index contributed by atoms with van der Waals surface area (Å²) in [5.41, 5.74) is 1.68. The molecule has 1 saturated heterocycles. The Labute approximate surface area is 208 Å². The smallest absolute Gasteiger partial charge is 0.250 e.